The Balaban J connectivity index is 2.56. The first-order valence-electron chi connectivity index (χ1n) is 4.19. The van der Waals surface area contributed by atoms with Gasteiger partial charge in [-0.25, -0.2) is 0 Å². The summed E-state index contributed by atoms with van der Waals surface area (Å²) in [7, 11) is 1.52. The summed E-state index contributed by atoms with van der Waals surface area (Å²) in [6.45, 7) is 0. The first-order chi connectivity index (χ1) is 6.59. The van der Waals surface area contributed by atoms with E-state index in [1.807, 2.05) is 12.1 Å². The molecule has 1 aromatic carbocycles. The van der Waals surface area contributed by atoms with Crippen LogP contribution >= 0.6 is 22.6 Å². The van der Waals surface area contributed by atoms with E-state index in [4.69, 9.17) is 0 Å². The van der Waals surface area contributed by atoms with Gasteiger partial charge in [0.05, 0.1) is 6.42 Å². The molecule has 1 aliphatic rings. The topological polar surface area (TPSA) is 37.4 Å². The Morgan fingerprint density at radius 3 is 2.79 bits per heavy atom. The first-order valence-corrected chi connectivity index (χ1v) is 5.27. The molecule has 1 heterocycles. The first kappa shape index (κ1) is 9.64. The van der Waals surface area contributed by atoms with Crippen LogP contribution in [-0.2, 0) is 11.2 Å². The maximum Gasteiger partial charge on any atom is 0.260 e. The SMILES string of the molecule is CN1C(=O)Cc2cc(I)ccc2C1=O. The summed E-state index contributed by atoms with van der Waals surface area (Å²) in [5.41, 5.74) is 1.48. The number of fused-ring (bicyclic) bond motifs is 1. The summed E-state index contributed by atoms with van der Waals surface area (Å²) in [6, 6.07) is 5.54. The Kier molecular flexibility index (Phi) is 2.30. The van der Waals surface area contributed by atoms with Gasteiger partial charge < -0.3 is 0 Å². The lowest BCUT2D eigenvalue weighted by Crippen LogP contribution is -2.39. The number of amides is 2. The molecule has 0 spiro atoms. The van der Waals surface area contributed by atoms with Gasteiger partial charge in [0, 0.05) is 16.2 Å². The third-order valence-electron chi connectivity index (χ3n) is 2.32. The van der Waals surface area contributed by atoms with Crippen LogP contribution in [0.15, 0.2) is 18.2 Å². The summed E-state index contributed by atoms with van der Waals surface area (Å²) >= 11 is 2.17. The number of hydrogen-bond donors (Lipinski definition) is 0. The minimum atomic E-state index is -0.201. The number of carbonyl (C=O) groups excluding carboxylic acids is 2. The van der Waals surface area contributed by atoms with E-state index >= 15 is 0 Å². The van der Waals surface area contributed by atoms with E-state index in [-0.39, 0.29) is 11.8 Å². The van der Waals surface area contributed by atoms with Crippen LogP contribution in [0.25, 0.3) is 0 Å². The van der Waals surface area contributed by atoms with Crippen LogP contribution in [-0.4, -0.2) is 23.8 Å². The molecule has 14 heavy (non-hydrogen) atoms. The molecule has 0 aliphatic carbocycles. The van der Waals surface area contributed by atoms with Gasteiger partial charge in [-0.05, 0) is 46.4 Å². The lowest BCUT2D eigenvalue weighted by molar-refractivity contribution is -0.127. The summed E-state index contributed by atoms with van der Waals surface area (Å²) in [5.74, 6) is -0.336. The highest BCUT2D eigenvalue weighted by Crippen LogP contribution is 2.20. The van der Waals surface area contributed by atoms with Crippen LogP contribution in [0.2, 0.25) is 0 Å². The zero-order chi connectivity index (χ0) is 10.3. The lowest BCUT2D eigenvalue weighted by Gasteiger charge is -2.22. The van der Waals surface area contributed by atoms with Crippen molar-refractivity contribution in [1.29, 1.82) is 0 Å². The van der Waals surface area contributed by atoms with Gasteiger partial charge in [-0.15, -0.1) is 0 Å². The monoisotopic (exact) mass is 301 g/mol. The van der Waals surface area contributed by atoms with Crippen LogP contribution in [0, 0.1) is 3.57 Å². The maximum atomic E-state index is 11.6. The number of benzene rings is 1. The number of nitrogens with zero attached hydrogens (tertiary/aromatic N) is 1. The normalized spacial score (nSPS) is 15.7. The fourth-order valence-electron chi connectivity index (χ4n) is 1.49. The third-order valence-corrected chi connectivity index (χ3v) is 2.99. The van der Waals surface area contributed by atoms with Gasteiger partial charge in [-0.2, -0.15) is 0 Å². The Hall–Kier alpha value is -0.910. The molecule has 0 saturated heterocycles. The summed E-state index contributed by atoms with van der Waals surface area (Å²) in [5, 5.41) is 0. The van der Waals surface area contributed by atoms with Gasteiger partial charge in [-0.3, -0.25) is 14.5 Å². The molecule has 1 aromatic rings. The van der Waals surface area contributed by atoms with Crippen molar-refractivity contribution in [3.63, 3.8) is 0 Å². The van der Waals surface area contributed by atoms with Crippen molar-refractivity contribution < 1.29 is 9.59 Å². The number of imide groups is 1. The van der Waals surface area contributed by atoms with E-state index < -0.39 is 0 Å². The van der Waals surface area contributed by atoms with Crippen molar-refractivity contribution in [2.24, 2.45) is 0 Å². The largest absolute Gasteiger partial charge is 0.281 e. The van der Waals surface area contributed by atoms with Gasteiger partial charge in [0.1, 0.15) is 0 Å². The van der Waals surface area contributed by atoms with Gasteiger partial charge >= 0.3 is 0 Å². The molecule has 1 aliphatic heterocycles. The zero-order valence-electron chi connectivity index (χ0n) is 7.58. The van der Waals surface area contributed by atoms with Crippen molar-refractivity contribution in [2.45, 2.75) is 6.42 Å². The standard InChI is InChI=1S/C10H8INO2/c1-12-9(13)5-6-4-7(11)2-3-8(6)10(12)14/h2-4H,5H2,1H3. The Bertz CT molecular complexity index is 428. The highest BCUT2D eigenvalue weighted by Gasteiger charge is 2.27. The smallest absolute Gasteiger partial charge is 0.260 e. The van der Waals surface area contributed by atoms with E-state index in [1.54, 1.807) is 6.07 Å². The molecule has 0 fully saturated rings. The average molecular weight is 301 g/mol. The molecular formula is C10H8INO2. The van der Waals surface area contributed by atoms with Crippen molar-refractivity contribution >= 4 is 34.4 Å². The maximum absolute atomic E-state index is 11.6. The van der Waals surface area contributed by atoms with Crippen LogP contribution in [0.5, 0.6) is 0 Å². The van der Waals surface area contributed by atoms with Crippen LogP contribution in [0.3, 0.4) is 0 Å². The minimum absolute atomic E-state index is 0.135. The number of halogens is 1. The van der Waals surface area contributed by atoms with E-state index in [0.29, 0.717) is 12.0 Å². The van der Waals surface area contributed by atoms with E-state index in [2.05, 4.69) is 22.6 Å². The Labute approximate surface area is 95.2 Å². The third kappa shape index (κ3) is 1.43. The van der Waals surface area contributed by atoms with Crippen LogP contribution < -0.4 is 0 Å². The fourth-order valence-corrected chi connectivity index (χ4v) is 2.05. The second-order valence-electron chi connectivity index (χ2n) is 3.24. The fraction of sp³-hybridized carbons (Fsp3) is 0.200. The number of carbonyl (C=O) groups is 2. The molecule has 4 heteroatoms. The van der Waals surface area contributed by atoms with Crippen molar-refractivity contribution in [3.8, 4) is 0 Å². The number of rotatable bonds is 0. The molecule has 2 rings (SSSR count). The molecule has 72 valence electrons. The zero-order valence-corrected chi connectivity index (χ0v) is 9.74. The van der Waals surface area contributed by atoms with E-state index in [0.717, 1.165) is 9.13 Å². The molecule has 2 amide bonds. The predicted molar refractivity (Wildman–Crippen MR) is 60.0 cm³/mol. The molecular weight excluding hydrogens is 293 g/mol. The van der Waals surface area contributed by atoms with Crippen LogP contribution in [0.4, 0.5) is 0 Å². The second kappa shape index (κ2) is 3.34. The van der Waals surface area contributed by atoms with E-state index in [1.165, 1.54) is 11.9 Å². The highest BCUT2D eigenvalue weighted by atomic mass is 127. The number of likely N-dealkylation sites (N-methyl/N-ethyl adjacent to an activating group) is 1. The molecule has 0 aromatic heterocycles. The summed E-state index contributed by atoms with van der Waals surface area (Å²) < 4.78 is 1.05. The van der Waals surface area contributed by atoms with Crippen molar-refractivity contribution in [2.75, 3.05) is 7.05 Å². The highest BCUT2D eigenvalue weighted by molar-refractivity contribution is 14.1. The molecule has 0 N–H and O–H groups in total. The molecule has 0 saturated carbocycles. The van der Waals surface area contributed by atoms with Gasteiger partial charge in [0.25, 0.3) is 5.91 Å². The van der Waals surface area contributed by atoms with Gasteiger partial charge in [-0.1, -0.05) is 0 Å². The van der Waals surface area contributed by atoms with Crippen molar-refractivity contribution in [3.05, 3.63) is 32.9 Å². The van der Waals surface area contributed by atoms with E-state index in [9.17, 15) is 9.59 Å². The predicted octanol–water partition coefficient (Wildman–Crippen LogP) is 1.45. The number of hydrogen-bond acceptors (Lipinski definition) is 2. The lowest BCUT2D eigenvalue weighted by atomic mass is 9.99. The Morgan fingerprint density at radius 2 is 2.07 bits per heavy atom. The van der Waals surface area contributed by atoms with Crippen molar-refractivity contribution in [1.82, 2.24) is 4.90 Å². The molecule has 0 atom stereocenters. The second-order valence-corrected chi connectivity index (χ2v) is 4.48. The Morgan fingerprint density at radius 1 is 1.36 bits per heavy atom. The van der Waals surface area contributed by atoms with Gasteiger partial charge in [0.2, 0.25) is 5.91 Å². The molecule has 0 unspecified atom stereocenters. The summed E-state index contributed by atoms with van der Waals surface area (Å²) in [6.07, 6.45) is 0.328. The molecule has 3 nitrogen and oxygen atoms in total. The molecule has 0 radical (unpaired) electrons. The average Bonchev–Trinajstić information content (AvgIpc) is 2.14. The summed E-state index contributed by atoms with van der Waals surface area (Å²) in [4.78, 5) is 24.2. The van der Waals surface area contributed by atoms with Gasteiger partial charge in [0.15, 0.2) is 0 Å². The van der Waals surface area contributed by atoms with Crippen LogP contribution in [0.1, 0.15) is 15.9 Å². The quantitative estimate of drug-likeness (QED) is 0.537. The molecule has 0 bridgehead atoms. The minimum Gasteiger partial charge on any atom is -0.281 e.